The Morgan fingerprint density at radius 3 is 2.19 bits per heavy atom. The molecule has 0 aromatic heterocycles. The Labute approximate surface area is 123 Å². The molecule has 0 radical (unpaired) electrons. The number of hydrogen-bond acceptors (Lipinski definition) is 4. The van der Waals surface area contributed by atoms with Gasteiger partial charge in [-0.3, -0.25) is 14.4 Å². The van der Waals surface area contributed by atoms with Gasteiger partial charge in [0.25, 0.3) is 10.9 Å². The van der Waals surface area contributed by atoms with Crippen molar-refractivity contribution in [2.75, 3.05) is 0 Å². The summed E-state index contributed by atoms with van der Waals surface area (Å²) in [6, 6.07) is 15.4. The summed E-state index contributed by atoms with van der Waals surface area (Å²) >= 11 is 0.835. The summed E-state index contributed by atoms with van der Waals surface area (Å²) in [5.74, 6) is -1.64. The molecule has 3 nitrogen and oxygen atoms in total. The van der Waals surface area contributed by atoms with Gasteiger partial charge in [0.05, 0.1) is 0 Å². The van der Waals surface area contributed by atoms with Crippen LogP contribution in [-0.2, 0) is 9.59 Å². The first-order valence-corrected chi connectivity index (χ1v) is 7.23. The minimum atomic E-state index is -0.937. The number of rotatable bonds is 0. The van der Waals surface area contributed by atoms with Crippen LogP contribution in [0.3, 0.4) is 0 Å². The Morgan fingerprint density at radius 2 is 1.43 bits per heavy atom. The lowest BCUT2D eigenvalue weighted by atomic mass is 9.96. The fourth-order valence-corrected chi connectivity index (χ4v) is 3.49. The summed E-state index contributed by atoms with van der Waals surface area (Å²) in [6.07, 6.45) is 0. The number of fused-ring (bicyclic) bond motifs is 4. The summed E-state index contributed by atoms with van der Waals surface area (Å²) in [6.45, 7) is 0. The molecule has 3 aromatic carbocycles. The summed E-state index contributed by atoms with van der Waals surface area (Å²) in [5, 5.41) is 2.99. The Kier molecular flexibility index (Phi) is 2.50. The average molecular weight is 292 g/mol. The van der Waals surface area contributed by atoms with Crippen molar-refractivity contribution < 1.29 is 14.4 Å². The van der Waals surface area contributed by atoms with Crippen molar-refractivity contribution >= 4 is 50.0 Å². The lowest BCUT2D eigenvalue weighted by molar-refractivity contribution is -0.128. The first kappa shape index (κ1) is 12.3. The van der Waals surface area contributed by atoms with Gasteiger partial charge in [0, 0.05) is 10.5 Å². The van der Waals surface area contributed by atoms with Gasteiger partial charge in [-0.2, -0.15) is 0 Å². The minimum absolute atomic E-state index is 0.354. The van der Waals surface area contributed by atoms with E-state index in [2.05, 4.69) is 0 Å². The molecule has 0 bridgehead atoms. The highest BCUT2D eigenvalue weighted by molar-refractivity contribution is 8.16. The molecule has 0 N–H and O–H groups in total. The fraction of sp³-hybridized carbons (Fsp3) is 0. The highest BCUT2D eigenvalue weighted by atomic mass is 32.2. The molecule has 4 rings (SSSR count). The summed E-state index contributed by atoms with van der Waals surface area (Å²) in [5.41, 5.74) is 0.354. The first-order chi connectivity index (χ1) is 10.1. The molecule has 21 heavy (non-hydrogen) atoms. The highest BCUT2D eigenvalue weighted by Crippen LogP contribution is 2.36. The van der Waals surface area contributed by atoms with Crippen LogP contribution in [0.4, 0.5) is 0 Å². The topological polar surface area (TPSA) is 51.2 Å². The van der Waals surface area contributed by atoms with Gasteiger partial charge in [-0.25, -0.2) is 0 Å². The largest absolute Gasteiger partial charge is 0.285 e. The van der Waals surface area contributed by atoms with Gasteiger partial charge < -0.3 is 0 Å². The molecule has 0 amide bonds. The van der Waals surface area contributed by atoms with Crippen molar-refractivity contribution in [3.8, 4) is 0 Å². The molecule has 3 aromatic rings. The molecular formula is C17H8O3S. The second-order valence-electron chi connectivity index (χ2n) is 4.91. The normalized spacial score (nSPS) is 14.8. The Morgan fingerprint density at radius 1 is 0.714 bits per heavy atom. The molecule has 0 saturated carbocycles. The van der Waals surface area contributed by atoms with Crippen LogP contribution in [0.2, 0.25) is 0 Å². The standard InChI is InChI=1S/C17H8O3S/c18-15-14-12-8-10-4-2-1-3-9(10)7-11(12)5-6-13(14)21-17(20)16(15)19/h1-8H. The molecular weight excluding hydrogens is 284 g/mol. The molecule has 0 aliphatic carbocycles. The van der Waals surface area contributed by atoms with Gasteiger partial charge in [-0.05, 0) is 51.5 Å². The number of ketones is 2. The van der Waals surface area contributed by atoms with E-state index in [9.17, 15) is 14.4 Å². The van der Waals surface area contributed by atoms with E-state index >= 15 is 0 Å². The Bertz CT molecular complexity index is 972. The van der Waals surface area contributed by atoms with Crippen molar-refractivity contribution in [2.45, 2.75) is 4.90 Å². The maximum atomic E-state index is 12.2. The van der Waals surface area contributed by atoms with Gasteiger partial charge in [-0.15, -0.1) is 0 Å². The molecule has 4 heteroatoms. The molecule has 1 aliphatic heterocycles. The number of benzene rings is 3. The van der Waals surface area contributed by atoms with E-state index in [-0.39, 0.29) is 0 Å². The SMILES string of the molecule is O=C1Sc2ccc3cc4ccccc4cc3c2C(=O)C1=O. The zero-order valence-corrected chi connectivity index (χ0v) is 11.6. The second kappa shape index (κ2) is 4.27. The lowest BCUT2D eigenvalue weighted by Gasteiger charge is -2.15. The first-order valence-electron chi connectivity index (χ1n) is 6.41. The predicted octanol–water partition coefficient (Wildman–Crippen LogP) is 3.38. The summed E-state index contributed by atoms with van der Waals surface area (Å²) < 4.78 is 0. The van der Waals surface area contributed by atoms with Crippen LogP contribution in [-0.4, -0.2) is 16.7 Å². The van der Waals surface area contributed by atoms with Crippen molar-refractivity contribution in [2.24, 2.45) is 0 Å². The Balaban J connectivity index is 2.13. The molecule has 0 unspecified atom stereocenters. The third-order valence-electron chi connectivity index (χ3n) is 3.67. The van der Waals surface area contributed by atoms with Crippen LogP contribution >= 0.6 is 11.8 Å². The van der Waals surface area contributed by atoms with E-state index in [1.165, 1.54) is 0 Å². The average Bonchev–Trinajstić information content (AvgIpc) is 2.50. The number of thioether (sulfide) groups is 1. The van der Waals surface area contributed by atoms with Crippen molar-refractivity contribution in [1.82, 2.24) is 0 Å². The fourth-order valence-electron chi connectivity index (χ4n) is 2.67. The third-order valence-corrected chi connectivity index (χ3v) is 4.60. The molecule has 0 atom stereocenters. The zero-order valence-electron chi connectivity index (χ0n) is 10.8. The van der Waals surface area contributed by atoms with E-state index < -0.39 is 16.7 Å². The molecule has 0 saturated heterocycles. The Hall–Kier alpha value is -2.46. The molecule has 0 spiro atoms. The van der Waals surface area contributed by atoms with Gasteiger partial charge in [0.15, 0.2) is 0 Å². The van der Waals surface area contributed by atoms with E-state index in [4.69, 9.17) is 0 Å². The monoisotopic (exact) mass is 292 g/mol. The predicted molar refractivity (Wildman–Crippen MR) is 81.7 cm³/mol. The molecule has 0 fully saturated rings. The highest BCUT2D eigenvalue weighted by Gasteiger charge is 2.34. The molecule has 1 aliphatic rings. The minimum Gasteiger partial charge on any atom is -0.285 e. The van der Waals surface area contributed by atoms with Gasteiger partial charge in [0.2, 0.25) is 5.78 Å². The van der Waals surface area contributed by atoms with E-state index in [1.54, 1.807) is 6.07 Å². The van der Waals surface area contributed by atoms with Gasteiger partial charge in [-0.1, -0.05) is 30.3 Å². The smallest absolute Gasteiger partial charge is 0.280 e. The second-order valence-corrected chi connectivity index (χ2v) is 5.92. The summed E-state index contributed by atoms with van der Waals surface area (Å²) in [4.78, 5) is 35.9. The quantitative estimate of drug-likeness (QED) is 0.471. The third kappa shape index (κ3) is 1.73. The van der Waals surface area contributed by atoms with Crippen LogP contribution in [0.5, 0.6) is 0 Å². The molecule has 1 heterocycles. The van der Waals surface area contributed by atoms with Crippen LogP contribution < -0.4 is 0 Å². The lowest BCUT2D eigenvalue weighted by Crippen LogP contribution is -2.26. The van der Waals surface area contributed by atoms with E-state index in [0.717, 1.165) is 33.3 Å². The van der Waals surface area contributed by atoms with Crippen molar-refractivity contribution in [3.63, 3.8) is 0 Å². The maximum absolute atomic E-state index is 12.2. The van der Waals surface area contributed by atoms with Crippen molar-refractivity contribution in [1.29, 1.82) is 0 Å². The van der Waals surface area contributed by atoms with E-state index in [0.29, 0.717) is 10.5 Å². The van der Waals surface area contributed by atoms with Crippen molar-refractivity contribution in [3.05, 3.63) is 54.1 Å². The van der Waals surface area contributed by atoms with Gasteiger partial charge in [0.1, 0.15) is 0 Å². The number of carbonyl (C=O) groups is 3. The van der Waals surface area contributed by atoms with E-state index in [1.807, 2.05) is 42.5 Å². The van der Waals surface area contributed by atoms with Crippen LogP contribution in [0, 0.1) is 0 Å². The maximum Gasteiger partial charge on any atom is 0.280 e. The molecule has 100 valence electrons. The van der Waals surface area contributed by atoms with Crippen LogP contribution in [0.15, 0.2) is 53.4 Å². The number of carbonyl (C=O) groups excluding carboxylic acids is 3. The van der Waals surface area contributed by atoms with Crippen LogP contribution in [0.1, 0.15) is 10.4 Å². The zero-order chi connectivity index (χ0) is 14.6. The number of Topliss-reactive ketones (excluding diaryl/α,β-unsaturated/α-hetero) is 2. The van der Waals surface area contributed by atoms with Gasteiger partial charge >= 0.3 is 0 Å². The summed E-state index contributed by atoms with van der Waals surface area (Å²) in [7, 11) is 0. The van der Waals surface area contributed by atoms with Crippen LogP contribution in [0.25, 0.3) is 21.5 Å². The number of hydrogen-bond donors (Lipinski definition) is 0.